The van der Waals surface area contributed by atoms with E-state index in [-0.39, 0.29) is 0 Å². The van der Waals surface area contributed by atoms with Gasteiger partial charge in [-0.3, -0.25) is 4.79 Å². The average Bonchev–Trinajstić information content (AvgIpc) is 2.42. The van der Waals surface area contributed by atoms with Crippen LogP contribution in [0.4, 0.5) is 5.82 Å². The van der Waals surface area contributed by atoms with Crippen LogP contribution in [0.15, 0.2) is 30.6 Å². The molecule has 1 heterocycles. The number of nitrogens with one attached hydrogen (secondary N) is 1. The Hall–Kier alpha value is -2.63. The molecule has 6 heteroatoms. The Morgan fingerprint density at radius 3 is 2.53 bits per heavy atom. The highest BCUT2D eigenvalue weighted by atomic mass is 16.5. The minimum absolute atomic E-state index is 0.433. The second-order valence-corrected chi connectivity index (χ2v) is 3.89. The number of aromatic nitrogens is 2. The van der Waals surface area contributed by atoms with Crippen molar-refractivity contribution in [1.82, 2.24) is 9.97 Å². The molecule has 0 aliphatic heterocycles. The van der Waals surface area contributed by atoms with Crippen molar-refractivity contribution in [2.45, 2.75) is 6.92 Å². The van der Waals surface area contributed by atoms with Crippen molar-refractivity contribution >= 4 is 11.7 Å². The fourth-order valence-electron chi connectivity index (χ4n) is 1.59. The van der Waals surface area contributed by atoms with Gasteiger partial charge in [-0.2, -0.15) is 0 Å². The van der Waals surface area contributed by atoms with Gasteiger partial charge < -0.3 is 15.8 Å². The summed E-state index contributed by atoms with van der Waals surface area (Å²) in [6.45, 7) is 1.86. The van der Waals surface area contributed by atoms with E-state index in [9.17, 15) is 4.79 Å². The van der Waals surface area contributed by atoms with Crippen LogP contribution in [-0.2, 0) is 0 Å². The topological polar surface area (TPSA) is 90.1 Å². The molecule has 98 valence electrons. The molecule has 0 atom stereocenters. The summed E-state index contributed by atoms with van der Waals surface area (Å²) in [6, 6.07) is 6.54. The van der Waals surface area contributed by atoms with Crippen molar-refractivity contribution in [2.24, 2.45) is 5.73 Å². The van der Waals surface area contributed by atoms with Crippen molar-refractivity contribution < 1.29 is 9.53 Å². The summed E-state index contributed by atoms with van der Waals surface area (Å²) in [6.07, 6.45) is 1.42. The number of primary amides is 1. The van der Waals surface area contributed by atoms with Gasteiger partial charge in [0.05, 0.1) is 5.56 Å². The van der Waals surface area contributed by atoms with Crippen LogP contribution in [0.1, 0.15) is 15.9 Å². The quantitative estimate of drug-likeness (QED) is 0.871. The van der Waals surface area contributed by atoms with Gasteiger partial charge in [0.15, 0.2) is 0 Å². The lowest BCUT2D eigenvalue weighted by molar-refractivity contribution is 0.100. The SMILES string of the molecule is CNc1ncnc(Oc2ccc(C(N)=O)cc2)c1C. The third-order valence-corrected chi connectivity index (χ3v) is 2.63. The lowest BCUT2D eigenvalue weighted by Gasteiger charge is -2.10. The van der Waals surface area contributed by atoms with E-state index in [0.29, 0.717) is 23.0 Å². The molecule has 0 aliphatic carbocycles. The van der Waals surface area contributed by atoms with Crippen molar-refractivity contribution in [1.29, 1.82) is 0 Å². The molecule has 6 nitrogen and oxygen atoms in total. The molecule has 1 aromatic carbocycles. The van der Waals surface area contributed by atoms with Gasteiger partial charge in [0, 0.05) is 12.6 Å². The molecule has 2 aromatic rings. The molecule has 0 fully saturated rings. The molecular weight excluding hydrogens is 244 g/mol. The lowest BCUT2D eigenvalue weighted by atomic mass is 10.2. The molecule has 0 unspecified atom stereocenters. The summed E-state index contributed by atoms with van der Waals surface area (Å²) in [5.74, 6) is 1.28. The monoisotopic (exact) mass is 258 g/mol. The number of anilines is 1. The van der Waals surface area contributed by atoms with E-state index in [1.807, 2.05) is 6.92 Å². The maximum Gasteiger partial charge on any atom is 0.248 e. The van der Waals surface area contributed by atoms with Gasteiger partial charge in [-0.15, -0.1) is 0 Å². The first-order valence-corrected chi connectivity index (χ1v) is 5.69. The standard InChI is InChI=1S/C13H14N4O2/c1-8-12(15-2)16-7-17-13(8)19-10-5-3-9(4-6-10)11(14)18/h3-7H,1-2H3,(H2,14,18)(H,15,16,17). The number of carbonyl (C=O) groups excluding carboxylic acids is 1. The van der Waals surface area contributed by atoms with Crippen molar-refractivity contribution in [3.63, 3.8) is 0 Å². The number of nitrogens with zero attached hydrogens (tertiary/aromatic N) is 2. The Bertz CT molecular complexity index is 596. The predicted octanol–water partition coefficient (Wildman–Crippen LogP) is 1.72. The fraction of sp³-hybridized carbons (Fsp3) is 0.154. The average molecular weight is 258 g/mol. The van der Waals surface area contributed by atoms with Crippen LogP contribution in [0.25, 0.3) is 0 Å². The molecule has 0 radical (unpaired) electrons. The molecule has 3 N–H and O–H groups in total. The highest BCUT2D eigenvalue weighted by Gasteiger charge is 2.08. The number of hydrogen-bond acceptors (Lipinski definition) is 5. The Balaban J connectivity index is 2.24. The fourth-order valence-corrected chi connectivity index (χ4v) is 1.59. The predicted molar refractivity (Wildman–Crippen MR) is 71.3 cm³/mol. The largest absolute Gasteiger partial charge is 0.439 e. The van der Waals surface area contributed by atoms with Crippen LogP contribution in [0.3, 0.4) is 0 Å². The minimum atomic E-state index is -0.470. The number of rotatable bonds is 4. The summed E-state index contributed by atoms with van der Waals surface area (Å²) >= 11 is 0. The highest BCUT2D eigenvalue weighted by molar-refractivity contribution is 5.92. The number of nitrogens with two attached hydrogens (primary N) is 1. The Morgan fingerprint density at radius 1 is 1.26 bits per heavy atom. The third kappa shape index (κ3) is 2.79. The summed E-state index contributed by atoms with van der Waals surface area (Å²) in [7, 11) is 1.78. The van der Waals surface area contributed by atoms with Gasteiger partial charge in [0.2, 0.25) is 11.8 Å². The molecule has 2 rings (SSSR count). The number of carbonyl (C=O) groups is 1. The lowest BCUT2D eigenvalue weighted by Crippen LogP contribution is -2.10. The summed E-state index contributed by atoms with van der Waals surface area (Å²) in [4.78, 5) is 19.1. The second-order valence-electron chi connectivity index (χ2n) is 3.89. The zero-order valence-corrected chi connectivity index (χ0v) is 10.7. The van der Waals surface area contributed by atoms with Crippen molar-refractivity contribution in [3.05, 3.63) is 41.7 Å². The zero-order valence-electron chi connectivity index (χ0n) is 10.7. The summed E-state index contributed by atoms with van der Waals surface area (Å²) in [5, 5.41) is 2.95. The normalized spacial score (nSPS) is 10.0. The second kappa shape index (κ2) is 5.34. The van der Waals surface area contributed by atoms with E-state index < -0.39 is 5.91 Å². The van der Waals surface area contributed by atoms with Gasteiger partial charge in [-0.05, 0) is 31.2 Å². The van der Waals surface area contributed by atoms with Crippen LogP contribution in [0.2, 0.25) is 0 Å². The van der Waals surface area contributed by atoms with Gasteiger partial charge >= 0.3 is 0 Å². The highest BCUT2D eigenvalue weighted by Crippen LogP contribution is 2.25. The van der Waals surface area contributed by atoms with Crippen LogP contribution in [0.5, 0.6) is 11.6 Å². The Morgan fingerprint density at radius 2 is 1.95 bits per heavy atom. The van der Waals surface area contributed by atoms with E-state index >= 15 is 0 Å². The maximum atomic E-state index is 11.0. The molecule has 0 aliphatic rings. The van der Waals surface area contributed by atoms with Gasteiger partial charge in [0.1, 0.15) is 17.9 Å². The molecule has 1 amide bonds. The molecule has 1 aromatic heterocycles. The van der Waals surface area contributed by atoms with E-state index in [0.717, 1.165) is 5.56 Å². The number of amides is 1. The summed E-state index contributed by atoms with van der Waals surface area (Å²) < 4.78 is 5.64. The number of ether oxygens (including phenoxy) is 1. The van der Waals surface area contributed by atoms with Gasteiger partial charge in [-0.25, -0.2) is 9.97 Å². The van der Waals surface area contributed by atoms with Gasteiger partial charge in [-0.1, -0.05) is 0 Å². The summed E-state index contributed by atoms with van der Waals surface area (Å²) in [5.41, 5.74) is 6.41. The van der Waals surface area contributed by atoms with E-state index in [1.165, 1.54) is 6.33 Å². The smallest absolute Gasteiger partial charge is 0.248 e. The van der Waals surface area contributed by atoms with Crippen LogP contribution in [-0.4, -0.2) is 22.9 Å². The molecule has 0 spiro atoms. The molecule has 0 bridgehead atoms. The number of benzene rings is 1. The first-order chi connectivity index (χ1) is 9.11. The van der Waals surface area contributed by atoms with E-state index in [2.05, 4.69) is 15.3 Å². The zero-order chi connectivity index (χ0) is 13.8. The Kier molecular flexibility index (Phi) is 3.61. The van der Waals surface area contributed by atoms with Crippen molar-refractivity contribution in [2.75, 3.05) is 12.4 Å². The molecule has 0 saturated heterocycles. The van der Waals surface area contributed by atoms with E-state index in [4.69, 9.17) is 10.5 Å². The molecule has 0 saturated carbocycles. The first kappa shape index (κ1) is 12.8. The van der Waals surface area contributed by atoms with Crippen LogP contribution in [0, 0.1) is 6.92 Å². The van der Waals surface area contributed by atoms with Crippen LogP contribution >= 0.6 is 0 Å². The number of hydrogen-bond donors (Lipinski definition) is 2. The van der Waals surface area contributed by atoms with E-state index in [1.54, 1.807) is 31.3 Å². The maximum absolute atomic E-state index is 11.0. The van der Waals surface area contributed by atoms with Crippen molar-refractivity contribution in [3.8, 4) is 11.6 Å². The first-order valence-electron chi connectivity index (χ1n) is 5.69. The minimum Gasteiger partial charge on any atom is -0.439 e. The van der Waals surface area contributed by atoms with Gasteiger partial charge in [0.25, 0.3) is 0 Å². The molecule has 19 heavy (non-hydrogen) atoms. The Labute approximate surface area is 110 Å². The molecular formula is C13H14N4O2. The third-order valence-electron chi connectivity index (χ3n) is 2.63. The van der Waals surface area contributed by atoms with Crippen LogP contribution < -0.4 is 15.8 Å².